The third-order valence-corrected chi connectivity index (χ3v) is 7.21. The quantitative estimate of drug-likeness (QED) is 0.839. The summed E-state index contributed by atoms with van der Waals surface area (Å²) in [6.45, 7) is 2.09. The van der Waals surface area contributed by atoms with E-state index in [0.29, 0.717) is 36.7 Å². The minimum absolute atomic E-state index is 0.150. The van der Waals surface area contributed by atoms with Crippen molar-refractivity contribution in [3.63, 3.8) is 0 Å². The monoisotopic (exact) mass is 382 g/mol. The summed E-state index contributed by atoms with van der Waals surface area (Å²) in [5.74, 6) is -0.150. The van der Waals surface area contributed by atoms with Gasteiger partial charge in [-0.15, -0.1) is 11.3 Å². The first kappa shape index (κ1) is 18.3. The Morgan fingerprint density at radius 2 is 1.92 bits per heavy atom. The average molecular weight is 383 g/mol. The normalized spacial score (nSPS) is 19.2. The zero-order valence-corrected chi connectivity index (χ0v) is 15.9. The molecule has 1 aromatic heterocycles. The molecule has 0 radical (unpaired) electrons. The van der Waals surface area contributed by atoms with Crippen molar-refractivity contribution in [3.05, 3.63) is 16.0 Å². The Morgan fingerprint density at radius 1 is 1.24 bits per heavy atom. The van der Waals surface area contributed by atoms with Gasteiger partial charge in [0.2, 0.25) is 15.9 Å². The second kappa shape index (κ2) is 7.41. The number of aryl methyl sites for hydroxylation is 1. The molecule has 1 saturated heterocycles. The zero-order valence-electron chi connectivity index (χ0n) is 14.2. The highest BCUT2D eigenvalue weighted by Crippen LogP contribution is 2.37. The summed E-state index contributed by atoms with van der Waals surface area (Å²) in [4.78, 5) is 15.5. The van der Waals surface area contributed by atoms with Crippen molar-refractivity contribution in [2.75, 3.05) is 44.3 Å². The minimum atomic E-state index is -3.17. The van der Waals surface area contributed by atoms with Crippen LogP contribution < -0.4 is 5.32 Å². The molecular formula is C16H22N4O3S2. The SMILES string of the molecule is CS(=O)(=O)N1CCN(CC(=O)Nc2sc3c(c2C#N)CCCC3)CC1. The van der Waals surface area contributed by atoms with Crippen LogP contribution in [-0.2, 0) is 27.7 Å². The number of sulfonamides is 1. The van der Waals surface area contributed by atoms with Crippen LogP contribution in [0.3, 0.4) is 0 Å². The van der Waals surface area contributed by atoms with E-state index >= 15 is 0 Å². The number of nitriles is 1. The highest BCUT2D eigenvalue weighted by molar-refractivity contribution is 7.88. The number of piperazine rings is 1. The van der Waals surface area contributed by atoms with Crippen LogP contribution in [0.25, 0.3) is 0 Å². The Balaban J connectivity index is 1.59. The molecule has 1 aromatic rings. The average Bonchev–Trinajstić information content (AvgIpc) is 2.91. The van der Waals surface area contributed by atoms with Gasteiger partial charge in [-0.3, -0.25) is 9.69 Å². The van der Waals surface area contributed by atoms with E-state index < -0.39 is 10.0 Å². The molecule has 1 aliphatic heterocycles. The fraction of sp³-hybridized carbons (Fsp3) is 0.625. The van der Waals surface area contributed by atoms with Gasteiger partial charge in [-0.05, 0) is 31.2 Å². The molecule has 25 heavy (non-hydrogen) atoms. The number of thiophene rings is 1. The highest BCUT2D eigenvalue weighted by Gasteiger charge is 2.26. The summed E-state index contributed by atoms with van der Waals surface area (Å²) in [7, 11) is -3.17. The number of carbonyl (C=O) groups is 1. The number of nitrogens with one attached hydrogen (secondary N) is 1. The molecule has 1 N–H and O–H groups in total. The maximum absolute atomic E-state index is 12.4. The summed E-state index contributed by atoms with van der Waals surface area (Å²) in [5.41, 5.74) is 1.73. The number of nitrogens with zero attached hydrogens (tertiary/aromatic N) is 3. The van der Waals surface area contributed by atoms with Crippen LogP contribution in [0.2, 0.25) is 0 Å². The first-order valence-corrected chi connectivity index (χ1v) is 11.1. The second-order valence-electron chi connectivity index (χ2n) is 6.51. The van der Waals surface area contributed by atoms with Gasteiger partial charge in [0.05, 0.1) is 18.4 Å². The lowest BCUT2D eigenvalue weighted by Gasteiger charge is -2.32. The Bertz CT molecular complexity index is 802. The molecule has 0 saturated carbocycles. The first-order valence-electron chi connectivity index (χ1n) is 8.40. The molecule has 0 atom stereocenters. The zero-order chi connectivity index (χ0) is 18.0. The lowest BCUT2D eigenvalue weighted by Crippen LogP contribution is -2.50. The molecule has 136 valence electrons. The summed E-state index contributed by atoms with van der Waals surface area (Å²) < 4.78 is 24.5. The van der Waals surface area contributed by atoms with Crippen LogP contribution >= 0.6 is 11.3 Å². The largest absolute Gasteiger partial charge is 0.315 e. The summed E-state index contributed by atoms with van der Waals surface area (Å²) in [6, 6.07) is 2.24. The van der Waals surface area contributed by atoms with Crippen LogP contribution in [0.15, 0.2) is 0 Å². The molecular weight excluding hydrogens is 360 g/mol. The van der Waals surface area contributed by atoms with Gasteiger partial charge in [0.25, 0.3) is 0 Å². The molecule has 1 amide bonds. The number of rotatable bonds is 4. The van der Waals surface area contributed by atoms with E-state index in [1.165, 1.54) is 26.8 Å². The maximum atomic E-state index is 12.4. The predicted molar refractivity (Wildman–Crippen MR) is 97.2 cm³/mol. The highest BCUT2D eigenvalue weighted by atomic mass is 32.2. The summed E-state index contributed by atoms with van der Waals surface area (Å²) >= 11 is 1.52. The van der Waals surface area contributed by atoms with Gasteiger partial charge >= 0.3 is 0 Å². The number of carbonyl (C=O) groups excluding carboxylic acids is 1. The number of fused-ring (bicyclic) bond motifs is 1. The van der Waals surface area contributed by atoms with Crippen LogP contribution in [-0.4, -0.2) is 62.5 Å². The van der Waals surface area contributed by atoms with Crippen LogP contribution in [0.1, 0.15) is 28.8 Å². The van der Waals surface area contributed by atoms with Crippen molar-refractivity contribution in [1.82, 2.24) is 9.21 Å². The van der Waals surface area contributed by atoms with E-state index in [-0.39, 0.29) is 12.5 Å². The van der Waals surface area contributed by atoms with Gasteiger partial charge < -0.3 is 5.32 Å². The van der Waals surface area contributed by atoms with E-state index in [4.69, 9.17) is 0 Å². The number of hydrogen-bond acceptors (Lipinski definition) is 6. The van der Waals surface area contributed by atoms with Gasteiger partial charge in [-0.1, -0.05) is 0 Å². The van der Waals surface area contributed by atoms with Gasteiger partial charge in [0.15, 0.2) is 0 Å². The van der Waals surface area contributed by atoms with E-state index in [1.54, 1.807) is 0 Å². The standard InChI is InChI=1S/C16H22N4O3S2/c1-25(22,23)20-8-6-19(7-9-20)11-15(21)18-16-13(10-17)12-4-2-3-5-14(12)24-16/h2-9,11H2,1H3,(H,18,21). The second-order valence-corrected chi connectivity index (χ2v) is 9.60. The molecule has 0 unspecified atom stereocenters. The van der Waals surface area contributed by atoms with Gasteiger partial charge in [-0.25, -0.2) is 8.42 Å². The van der Waals surface area contributed by atoms with Crippen molar-refractivity contribution >= 4 is 32.3 Å². The summed E-state index contributed by atoms with van der Waals surface area (Å²) in [5, 5.41) is 13.0. The Hall–Kier alpha value is -1.47. The first-order chi connectivity index (χ1) is 11.9. The fourth-order valence-electron chi connectivity index (χ4n) is 3.36. The van der Waals surface area contributed by atoms with Crippen molar-refractivity contribution in [2.24, 2.45) is 0 Å². The minimum Gasteiger partial charge on any atom is -0.315 e. The van der Waals surface area contributed by atoms with Gasteiger partial charge in [-0.2, -0.15) is 9.57 Å². The van der Waals surface area contributed by atoms with Crippen LogP contribution in [0, 0.1) is 11.3 Å². The van der Waals surface area contributed by atoms with Crippen molar-refractivity contribution in [1.29, 1.82) is 5.26 Å². The van der Waals surface area contributed by atoms with Crippen LogP contribution in [0.4, 0.5) is 5.00 Å². The molecule has 1 aliphatic carbocycles. The molecule has 0 aromatic carbocycles. The van der Waals surface area contributed by atoms with Crippen LogP contribution in [0.5, 0.6) is 0 Å². The van der Waals surface area contributed by atoms with Gasteiger partial charge in [0, 0.05) is 31.1 Å². The van der Waals surface area contributed by atoms with Gasteiger partial charge in [0.1, 0.15) is 11.1 Å². The topological polar surface area (TPSA) is 93.5 Å². The van der Waals surface area contributed by atoms with Crippen molar-refractivity contribution < 1.29 is 13.2 Å². The van der Waals surface area contributed by atoms with E-state index in [2.05, 4.69) is 11.4 Å². The molecule has 2 heterocycles. The third kappa shape index (κ3) is 4.20. The lowest BCUT2D eigenvalue weighted by molar-refractivity contribution is -0.117. The number of amides is 1. The predicted octanol–water partition coefficient (Wildman–Crippen LogP) is 1.01. The molecule has 9 heteroatoms. The number of hydrogen-bond donors (Lipinski definition) is 1. The third-order valence-electron chi connectivity index (χ3n) is 4.70. The maximum Gasteiger partial charge on any atom is 0.239 e. The van der Waals surface area contributed by atoms with Crippen molar-refractivity contribution in [3.8, 4) is 6.07 Å². The molecule has 0 spiro atoms. The van der Waals surface area contributed by atoms with E-state index in [1.807, 2.05) is 4.90 Å². The Morgan fingerprint density at radius 3 is 2.56 bits per heavy atom. The molecule has 1 fully saturated rings. The number of anilines is 1. The molecule has 3 rings (SSSR count). The smallest absolute Gasteiger partial charge is 0.239 e. The van der Waals surface area contributed by atoms with Crippen molar-refractivity contribution in [2.45, 2.75) is 25.7 Å². The molecule has 2 aliphatic rings. The fourth-order valence-corrected chi connectivity index (χ4v) is 5.44. The van der Waals surface area contributed by atoms with E-state index in [0.717, 1.165) is 31.2 Å². The Labute approximate surface area is 152 Å². The Kier molecular flexibility index (Phi) is 5.43. The van der Waals surface area contributed by atoms with E-state index in [9.17, 15) is 18.5 Å². The molecule has 7 nitrogen and oxygen atoms in total. The summed E-state index contributed by atoms with van der Waals surface area (Å²) in [6.07, 6.45) is 5.33. The lowest BCUT2D eigenvalue weighted by atomic mass is 9.96. The molecule has 0 bridgehead atoms.